The molecule has 8 nitrogen and oxygen atoms in total. The smallest absolute Gasteiger partial charge is 0.248 e. The number of fused-ring (bicyclic) bond motifs is 1. The fourth-order valence-electron chi connectivity index (χ4n) is 3.24. The van der Waals surface area contributed by atoms with Crippen LogP contribution in [0, 0.1) is 0 Å². The summed E-state index contributed by atoms with van der Waals surface area (Å²) in [5.41, 5.74) is 3.06. The van der Waals surface area contributed by atoms with Gasteiger partial charge in [-0.2, -0.15) is 0 Å². The molecule has 0 bridgehead atoms. The molecule has 1 aliphatic rings. The predicted molar refractivity (Wildman–Crippen MR) is 120 cm³/mol. The molecule has 0 saturated carbocycles. The monoisotopic (exact) mass is 451 g/mol. The van der Waals surface area contributed by atoms with Crippen LogP contribution in [-0.2, 0) is 32.6 Å². The third-order valence-electron chi connectivity index (χ3n) is 4.90. The van der Waals surface area contributed by atoms with Gasteiger partial charge in [0.1, 0.15) is 5.76 Å². The molecule has 1 aliphatic heterocycles. The average Bonchev–Trinajstić information content (AvgIpc) is 3.31. The second kappa shape index (κ2) is 9.21. The normalized spacial score (nSPS) is 13.6. The van der Waals surface area contributed by atoms with Crippen LogP contribution in [0.2, 0.25) is 0 Å². The van der Waals surface area contributed by atoms with Gasteiger partial charge in [0.05, 0.1) is 17.7 Å². The van der Waals surface area contributed by atoms with Gasteiger partial charge < -0.3 is 15.1 Å². The SMILES string of the molecule is O=C(/C=C/c1ccc(S(=O)(=O)NCc2ccco2)cc1)Nc1ccc2c(c1)CCC(=O)N2. The lowest BCUT2D eigenvalue weighted by Gasteiger charge is -2.17. The molecule has 0 radical (unpaired) electrons. The first-order chi connectivity index (χ1) is 15.4. The summed E-state index contributed by atoms with van der Waals surface area (Å²) in [6.07, 6.45) is 5.51. The summed E-state index contributed by atoms with van der Waals surface area (Å²) in [7, 11) is -3.68. The summed E-state index contributed by atoms with van der Waals surface area (Å²) in [5, 5.41) is 5.59. The van der Waals surface area contributed by atoms with Crippen molar-refractivity contribution in [1.29, 1.82) is 0 Å². The Hall–Kier alpha value is -3.69. The molecule has 0 aliphatic carbocycles. The minimum Gasteiger partial charge on any atom is -0.468 e. The van der Waals surface area contributed by atoms with E-state index in [-0.39, 0.29) is 23.3 Å². The molecule has 0 saturated heterocycles. The molecule has 1 aromatic heterocycles. The lowest BCUT2D eigenvalue weighted by molar-refractivity contribution is -0.116. The molecule has 4 rings (SSSR count). The van der Waals surface area contributed by atoms with E-state index in [4.69, 9.17) is 4.42 Å². The zero-order chi connectivity index (χ0) is 22.6. The van der Waals surface area contributed by atoms with Crippen molar-refractivity contribution >= 4 is 39.3 Å². The number of benzene rings is 2. The second-order valence-corrected chi connectivity index (χ2v) is 8.98. The van der Waals surface area contributed by atoms with Gasteiger partial charge in [-0.25, -0.2) is 13.1 Å². The third kappa shape index (κ3) is 5.32. The van der Waals surface area contributed by atoms with E-state index in [1.807, 2.05) is 6.07 Å². The van der Waals surface area contributed by atoms with E-state index in [1.54, 1.807) is 42.5 Å². The molecule has 0 spiro atoms. The maximum absolute atomic E-state index is 12.4. The van der Waals surface area contributed by atoms with Crippen LogP contribution in [0.25, 0.3) is 6.08 Å². The number of furan rings is 1. The van der Waals surface area contributed by atoms with Crippen molar-refractivity contribution in [1.82, 2.24) is 4.72 Å². The Bertz CT molecular complexity index is 1260. The van der Waals surface area contributed by atoms with Crippen LogP contribution < -0.4 is 15.4 Å². The van der Waals surface area contributed by atoms with E-state index in [2.05, 4.69) is 15.4 Å². The van der Waals surface area contributed by atoms with Crippen LogP contribution in [0.4, 0.5) is 11.4 Å². The summed E-state index contributed by atoms with van der Waals surface area (Å²) < 4.78 is 32.3. The number of anilines is 2. The van der Waals surface area contributed by atoms with Gasteiger partial charge >= 0.3 is 0 Å². The van der Waals surface area contributed by atoms with E-state index >= 15 is 0 Å². The quantitative estimate of drug-likeness (QED) is 0.477. The first kappa shape index (κ1) is 21.5. The van der Waals surface area contributed by atoms with Crippen LogP contribution in [0.1, 0.15) is 23.3 Å². The highest BCUT2D eigenvalue weighted by atomic mass is 32.2. The number of hydrogen-bond donors (Lipinski definition) is 3. The van der Waals surface area contributed by atoms with Gasteiger partial charge in [-0.15, -0.1) is 0 Å². The van der Waals surface area contributed by atoms with Crippen LogP contribution in [0.3, 0.4) is 0 Å². The first-order valence-corrected chi connectivity index (χ1v) is 11.4. The van der Waals surface area contributed by atoms with Gasteiger partial charge in [0.2, 0.25) is 21.8 Å². The van der Waals surface area contributed by atoms with Gasteiger partial charge in [-0.1, -0.05) is 12.1 Å². The Morgan fingerprint density at radius 2 is 1.91 bits per heavy atom. The van der Waals surface area contributed by atoms with Gasteiger partial charge in [-0.05, 0) is 66.1 Å². The highest BCUT2D eigenvalue weighted by molar-refractivity contribution is 7.89. The lowest BCUT2D eigenvalue weighted by atomic mass is 10.0. The van der Waals surface area contributed by atoms with Crippen molar-refractivity contribution in [3.63, 3.8) is 0 Å². The summed E-state index contributed by atoms with van der Waals surface area (Å²) in [6.45, 7) is 0.0617. The number of carbonyl (C=O) groups excluding carboxylic acids is 2. The molecule has 32 heavy (non-hydrogen) atoms. The molecular formula is C23H21N3O5S. The Balaban J connectivity index is 1.35. The van der Waals surface area contributed by atoms with E-state index in [1.165, 1.54) is 24.5 Å². The molecule has 3 aromatic rings. The highest BCUT2D eigenvalue weighted by Gasteiger charge is 2.15. The van der Waals surface area contributed by atoms with E-state index in [0.29, 0.717) is 29.9 Å². The fourth-order valence-corrected chi connectivity index (χ4v) is 4.23. The summed E-state index contributed by atoms with van der Waals surface area (Å²) in [6, 6.07) is 14.9. The number of nitrogens with one attached hydrogen (secondary N) is 3. The van der Waals surface area contributed by atoms with E-state index < -0.39 is 10.0 Å². The molecule has 0 atom stereocenters. The van der Waals surface area contributed by atoms with E-state index in [9.17, 15) is 18.0 Å². The van der Waals surface area contributed by atoms with Crippen molar-refractivity contribution in [3.05, 3.63) is 83.8 Å². The van der Waals surface area contributed by atoms with Crippen molar-refractivity contribution < 1.29 is 22.4 Å². The minimum atomic E-state index is -3.68. The first-order valence-electron chi connectivity index (χ1n) is 9.93. The molecule has 2 heterocycles. The molecule has 2 amide bonds. The van der Waals surface area contributed by atoms with Gasteiger partial charge in [-0.3, -0.25) is 9.59 Å². The van der Waals surface area contributed by atoms with Crippen molar-refractivity contribution in [2.75, 3.05) is 10.6 Å². The lowest BCUT2D eigenvalue weighted by Crippen LogP contribution is -2.22. The number of aryl methyl sites for hydroxylation is 1. The Morgan fingerprint density at radius 1 is 1.09 bits per heavy atom. The Kier molecular flexibility index (Phi) is 6.20. The molecule has 9 heteroatoms. The molecule has 164 valence electrons. The number of carbonyl (C=O) groups is 2. The van der Waals surface area contributed by atoms with Crippen LogP contribution in [0.15, 0.2) is 76.2 Å². The number of amides is 2. The van der Waals surface area contributed by atoms with Gasteiger partial charge in [0, 0.05) is 23.9 Å². The molecule has 3 N–H and O–H groups in total. The average molecular weight is 452 g/mol. The Labute approximate surface area is 185 Å². The topological polar surface area (TPSA) is 118 Å². The summed E-state index contributed by atoms with van der Waals surface area (Å²) >= 11 is 0. The molecule has 0 unspecified atom stereocenters. The van der Waals surface area contributed by atoms with E-state index in [0.717, 1.165) is 11.3 Å². The molecule has 2 aromatic carbocycles. The standard InChI is InChI=1S/C23H21N3O5S/c27-22(25-18-7-10-21-17(14-18)6-12-23(28)26-21)11-5-16-3-8-20(9-4-16)32(29,30)24-15-19-2-1-13-31-19/h1-5,7-11,13-14,24H,6,12,15H2,(H,25,27)(H,26,28)/b11-5+. The zero-order valence-electron chi connectivity index (χ0n) is 17.0. The largest absolute Gasteiger partial charge is 0.468 e. The minimum absolute atomic E-state index is 0.00987. The van der Waals surface area contributed by atoms with Crippen molar-refractivity contribution in [2.45, 2.75) is 24.3 Å². The fraction of sp³-hybridized carbons (Fsp3) is 0.130. The Morgan fingerprint density at radius 3 is 2.66 bits per heavy atom. The van der Waals surface area contributed by atoms with Crippen LogP contribution in [0.5, 0.6) is 0 Å². The van der Waals surface area contributed by atoms with Crippen molar-refractivity contribution in [3.8, 4) is 0 Å². The third-order valence-corrected chi connectivity index (χ3v) is 6.32. The van der Waals surface area contributed by atoms with Gasteiger partial charge in [0.25, 0.3) is 0 Å². The number of sulfonamides is 1. The summed E-state index contributed by atoms with van der Waals surface area (Å²) in [5.74, 6) is 0.189. The van der Waals surface area contributed by atoms with Crippen molar-refractivity contribution in [2.24, 2.45) is 0 Å². The zero-order valence-corrected chi connectivity index (χ0v) is 17.8. The molecule has 0 fully saturated rings. The number of hydrogen-bond acceptors (Lipinski definition) is 5. The summed E-state index contributed by atoms with van der Waals surface area (Å²) in [4.78, 5) is 23.8. The number of rotatable bonds is 7. The predicted octanol–water partition coefficient (Wildman–Crippen LogP) is 3.29. The highest BCUT2D eigenvalue weighted by Crippen LogP contribution is 2.25. The second-order valence-electron chi connectivity index (χ2n) is 7.22. The van der Waals surface area contributed by atoms with Crippen LogP contribution in [-0.4, -0.2) is 20.2 Å². The maximum Gasteiger partial charge on any atom is 0.248 e. The molecular weight excluding hydrogens is 430 g/mol. The maximum atomic E-state index is 12.4. The van der Waals surface area contributed by atoms with Gasteiger partial charge in [0.15, 0.2) is 0 Å². The van der Waals surface area contributed by atoms with Crippen LogP contribution >= 0.6 is 0 Å².